The fraction of sp³-hybridized carbons (Fsp3) is 0.250. The maximum absolute atomic E-state index is 13.4. The van der Waals surface area contributed by atoms with Gasteiger partial charge in [-0.05, 0) is 37.3 Å². The third kappa shape index (κ3) is 3.45. The van der Waals surface area contributed by atoms with Crippen molar-refractivity contribution in [2.24, 2.45) is 0 Å². The molecule has 0 N–H and O–H groups in total. The standard InChI is InChI=1S/C20H17ClFN3O3/c1-2-27-17-6-4-3-5-14(17)20-23-19(24-28-20)12-9-18(26)25(11-12)13-7-8-16(22)15(21)10-13/h3-8,10,12H,2,9,11H2,1H3. The Labute approximate surface area is 165 Å². The van der Waals surface area contributed by atoms with Crippen LogP contribution in [0.25, 0.3) is 11.5 Å². The Morgan fingerprint density at radius 1 is 1.32 bits per heavy atom. The molecule has 0 aliphatic carbocycles. The lowest BCUT2D eigenvalue weighted by molar-refractivity contribution is -0.117. The van der Waals surface area contributed by atoms with Gasteiger partial charge in [-0.15, -0.1) is 0 Å². The van der Waals surface area contributed by atoms with Crippen LogP contribution in [-0.2, 0) is 4.79 Å². The van der Waals surface area contributed by atoms with E-state index in [0.29, 0.717) is 41.9 Å². The van der Waals surface area contributed by atoms with Gasteiger partial charge >= 0.3 is 0 Å². The highest BCUT2D eigenvalue weighted by Crippen LogP contribution is 2.34. The number of halogens is 2. The van der Waals surface area contributed by atoms with Crippen molar-refractivity contribution >= 4 is 23.2 Å². The molecule has 6 nitrogen and oxygen atoms in total. The van der Waals surface area contributed by atoms with Crippen molar-refractivity contribution in [2.45, 2.75) is 19.3 Å². The van der Waals surface area contributed by atoms with Crippen LogP contribution in [0, 0.1) is 5.82 Å². The highest BCUT2D eigenvalue weighted by molar-refractivity contribution is 6.31. The number of nitrogens with zero attached hydrogens (tertiary/aromatic N) is 3. The molecule has 28 heavy (non-hydrogen) atoms. The molecule has 1 amide bonds. The Balaban J connectivity index is 1.57. The summed E-state index contributed by atoms with van der Waals surface area (Å²) in [4.78, 5) is 18.5. The molecule has 0 radical (unpaired) electrons. The summed E-state index contributed by atoms with van der Waals surface area (Å²) in [6, 6.07) is 11.6. The first-order valence-corrected chi connectivity index (χ1v) is 9.26. The van der Waals surface area contributed by atoms with Crippen LogP contribution in [0.2, 0.25) is 5.02 Å². The van der Waals surface area contributed by atoms with E-state index < -0.39 is 5.82 Å². The predicted octanol–water partition coefficient (Wildman–Crippen LogP) is 4.45. The second-order valence-corrected chi connectivity index (χ2v) is 6.80. The third-order valence-electron chi connectivity index (χ3n) is 4.56. The van der Waals surface area contributed by atoms with Crippen LogP contribution < -0.4 is 9.64 Å². The van der Waals surface area contributed by atoms with Crippen molar-refractivity contribution in [3.05, 3.63) is 59.1 Å². The fourth-order valence-corrected chi connectivity index (χ4v) is 3.39. The van der Waals surface area contributed by atoms with Crippen LogP contribution in [0.5, 0.6) is 5.75 Å². The summed E-state index contributed by atoms with van der Waals surface area (Å²) < 4.78 is 24.4. The number of amides is 1. The lowest BCUT2D eigenvalue weighted by Gasteiger charge is -2.16. The summed E-state index contributed by atoms with van der Waals surface area (Å²) in [5, 5.41) is 4.04. The summed E-state index contributed by atoms with van der Waals surface area (Å²) in [7, 11) is 0. The Morgan fingerprint density at radius 2 is 2.14 bits per heavy atom. The van der Waals surface area contributed by atoms with Crippen molar-refractivity contribution in [3.8, 4) is 17.2 Å². The number of hydrogen-bond donors (Lipinski definition) is 0. The number of hydrogen-bond acceptors (Lipinski definition) is 5. The second-order valence-electron chi connectivity index (χ2n) is 6.39. The van der Waals surface area contributed by atoms with Gasteiger partial charge in [0.15, 0.2) is 5.82 Å². The third-order valence-corrected chi connectivity index (χ3v) is 4.85. The fourth-order valence-electron chi connectivity index (χ4n) is 3.22. The van der Waals surface area contributed by atoms with Crippen LogP contribution in [0.4, 0.5) is 10.1 Å². The van der Waals surface area contributed by atoms with Crippen LogP contribution in [-0.4, -0.2) is 29.2 Å². The molecule has 1 aromatic heterocycles. The minimum Gasteiger partial charge on any atom is -0.493 e. The molecule has 2 heterocycles. The normalized spacial score (nSPS) is 16.6. The predicted molar refractivity (Wildman–Crippen MR) is 102 cm³/mol. The van der Waals surface area contributed by atoms with E-state index in [9.17, 15) is 9.18 Å². The van der Waals surface area contributed by atoms with Crippen LogP contribution in [0.3, 0.4) is 0 Å². The van der Waals surface area contributed by atoms with E-state index in [-0.39, 0.29) is 23.3 Å². The van der Waals surface area contributed by atoms with Gasteiger partial charge in [-0.1, -0.05) is 28.9 Å². The zero-order chi connectivity index (χ0) is 19.7. The maximum atomic E-state index is 13.4. The smallest absolute Gasteiger partial charge is 0.261 e. The zero-order valence-electron chi connectivity index (χ0n) is 15.1. The summed E-state index contributed by atoms with van der Waals surface area (Å²) in [6.07, 6.45) is 0.237. The molecule has 4 rings (SSSR count). The van der Waals surface area contributed by atoms with E-state index in [1.54, 1.807) is 4.90 Å². The SMILES string of the molecule is CCOc1ccccc1-c1nc(C2CC(=O)N(c3ccc(F)c(Cl)c3)C2)no1. The van der Waals surface area contributed by atoms with Gasteiger partial charge in [-0.3, -0.25) is 4.79 Å². The first-order valence-electron chi connectivity index (χ1n) is 8.88. The summed E-state index contributed by atoms with van der Waals surface area (Å²) in [5.41, 5.74) is 1.25. The Hall–Kier alpha value is -2.93. The molecule has 1 atom stereocenters. The summed E-state index contributed by atoms with van der Waals surface area (Å²) in [5.74, 6) is 0.594. The Kier molecular flexibility index (Phi) is 5.00. The van der Waals surface area contributed by atoms with Gasteiger partial charge in [-0.25, -0.2) is 4.39 Å². The molecule has 0 spiro atoms. The number of aromatic nitrogens is 2. The molecular weight excluding hydrogens is 385 g/mol. The number of ether oxygens (including phenoxy) is 1. The number of rotatable bonds is 5. The lowest BCUT2D eigenvalue weighted by Crippen LogP contribution is -2.24. The average molecular weight is 402 g/mol. The maximum Gasteiger partial charge on any atom is 0.261 e. The molecule has 0 bridgehead atoms. The molecule has 1 fully saturated rings. The van der Waals surface area contributed by atoms with Crippen molar-refractivity contribution < 1.29 is 18.4 Å². The highest BCUT2D eigenvalue weighted by atomic mass is 35.5. The number of anilines is 1. The lowest BCUT2D eigenvalue weighted by atomic mass is 10.1. The van der Waals surface area contributed by atoms with E-state index in [4.69, 9.17) is 20.9 Å². The second kappa shape index (κ2) is 7.59. The van der Waals surface area contributed by atoms with Crippen molar-refractivity contribution in [2.75, 3.05) is 18.1 Å². The van der Waals surface area contributed by atoms with E-state index in [1.165, 1.54) is 18.2 Å². The van der Waals surface area contributed by atoms with Crippen molar-refractivity contribution in [1.29, 1.82) is 0 Å². The molecule has 144 valence electrons. The van der Waals surface area contributed by atoms with Crippen molar-refractivity contribution in [3.63, 3.8) is 0 Å². The van der Waals surface area contributed by atoms with Crippen LogP contribution in [0.1, 0.15) is 25.1 Å². The Bertz CT molecular complexity index is 1020. The summed E-state index contributed by atoms with van der Waals surface area (Å²) >= 11 is 5.84. The van der Waals surface area contributed by atoms with Gasteiger partial charge < -0.3 is 14.2 Å². The number of para-hydroxylation sites is 1. The van der Waals surface area contributed by atoms with Gasteiger partial charge in [0.1, 0.15) is 11.6 Å². The molecule has 1 saturated heterocycles. The van der Waals surface area contributed by atoms with Crippen LogP contribution >= 0.6 is 11.6 Å². The van der Waals surface area contributed by atoms with Gasteiger partial charge in [0.25, 0.3) is 5.89 Å². The summed E-state index contributed by atoms with van der Waals surface area (Å²) in [6.45, 7) is 2.79. The molecular formula is C20H17ClFN3O3. The number of benzene rings is 2. The zero-order valence-corrected chi connectivity index (χ0v) is 15.8. The van der Waals surface area contributed by atoms with Crippen molar-refractivity contribution in [1.82, 2.24) is 10.1 Å². The minimum atomic E-state index is -0.524. The topological polar surface area (TPSA) is 68.5 Å². The van der Waals surface area contributed by atoms with Gasteiger partial charge in [0, 0.05) is 24.6 Å². The van der Waals surface area contributed by atoms with Gasteiger partial charge in [0.2, 0.25) is 5.91 Å². The average Bonchev–Trinajstić information content (AvgIpc) is 3.32. The molecule has 0 saturated carbocycles. The minimum absolute atomic E-state index is 0.0249. The monoisotopic (exact) mass is 401 g/mol. The quantitative estimate of drug-likeness (QED) is 0.631. The van der Waals surface area contributed by atoms with E-state index in [0.717, 1.165) is 0 Å². The van der Waals surface area contributed by atoms with E-state index in [2.05, 4.69) is 10.1 Å². The Morgan fingerprint density at radius 3 is 2.93 bits per heavy atom. The first-order chi connectivity index (χ1) is 13.6. The first kappa shape index (κ1) is 18.4. The highest BCUT2D eigenvalue weighted by Gasteiger charge is 2.35. The van der Waals surface area contributed by atoms with E-state index >= 15 is 0 Å². The van der Waals surface area contributed by atoms with Crippen LogP contribution in [0.15, 0.2) is 47.0 Å². The molecule has 8 heteroatoms. The molecule has 3 aromatic rings. The number of carbonyl (C=O) groups excluding carboxylic acids is 1. The molecule has 1 aliphatic rings. The molecule has 2 aromatic carbocycles. The van der Waals surface area contributed by atoms with Gasteiger partial charge in [-0.2, -0.15) is 4.98 Å². The number of carbonyl (C=O) groups is 1. The molecule has 1 unspecified atom stereocenters. The van der Waals surface area contributed by atoms with Gasteiger partial charge in [0.05, 0.1) is 17.2 Å². The largest absolute Gasteiger partial charge is 0.493 e. The van der Waals surface area contributed by atoms with E-state index in [1.807, 2.05) is 31.2 Å². The molecule has 1 aliphatic heterocycles.